The lowest BCUT2D eigenvalue weighted by Gasteiger charge is -2.39. The highest BCUT2D eigenvalue weighted by Gasteiger charge is 2.59. The van der Waals surface area contributed by atoms with E-state index in [2.05, 4.69) is 0 Å². The van der Waals surface area contributed by atoms with E-state index in [-0.39, 0.29) is 5.60 Å². The Hall–Kier alpha value is -0.0800. The Morgan fingerprint density at radius 2 is 2.00 bits per heavy atom. The smallest absolute Gasteiger partial charge is 0.0681 e. The van der Waals surface area contributed by atoms with Gasteiger partial charge in [-0.1, -0.05) is 6.42 Å². The largest absolute Gasteiger partial charge is 0.390 e. The van der Waals surface area contributed by atoms with Crippen molar-refractivity contribution in [3.63, 3.8) is 0 Å². The SMILES string of the molecule is OC1(CCCC2CCCO2)CC2CC1C1CCCC21. The summed E-state index contributed by atoms with van der Waals surface area (Å²) in [6, 6.07) is 0. The van der Waals surface area contributed by atoms with Crippen LogP contribution in [0.5, 0.6) is 0 Å². The van der Waals surface area contributed by atoms with Gasteiger partial charge in [0.15, 0.2) is 0 Å². The first-order chi connectivity index (χ1) is 9.26. The van der Waals surface area contributed by atoms with Gasteiger partial charge in [-0.15, -0.1) is 0 Å². The predicted molar refractivity (Wildman–Crippen MR) is 74.8 cm³/mol. The summed E-state index contributed by atoms with van der Waals surface area (Å²) in [6.45, 7) is 0.962. The molecule has 6 atom stereocenters. The fourth-order valence-electron chi connectivity index (χ4n) is 6.03. The Bertz CT molecular complexity index is 336. The normalized spacial score (nSPS) is 51.9. The van der Waals surface area contributed by atoms with Crippen molar-refractivity contribution in [2.24, 2.45) is 23.7 Å². The molecule has 0 spiro atoms. The van der Waals surface area contributed by atoms with Crippen molar-refractivity contribution in [3.8, 4) is 0 Å². The lowest BCUT2D eigenvalue weighted by atomic mass is 9.71. The standard InChI is InChI=1S/C17H28O2/c18-17(8-2-4-13-5-3-9-19-13)11-12-10-16(17)15-7-1-6-14(12)15/h12-16,18H,1-11H2. The van der Waals surface area contributed by atoms with Gasteiger partial charge in [0.05, 0.1) is 11.7 Å². The quantitative estimate of drug-likeness (QED) is 0.842. The molecular weight excluding hydrogens is 236 g/mol. The maximum Gasteiger partial charge on any atom is 0.0681 e. The molecule has 4 rings (SSSR count). The highest BCUT2D eigenvalue weighted by Crippen LogP contribution is 2.63. The van der Waals surface area contributed by atoms with Crippen molar-refractivity contribution in [1.82, 2.24) is 0 Å². The molecule has 1 N–H and O–H groups in total. The average Bonchev–Trinajstić information content (AvgIpc) is 3.09. The van der Waals surface area contributed by atoms with E-state index in [9.17, 15) is 5.11 Å². The number of hydrogen-bond donors (Lipinski definition) is 1. The van der Waals surface area contributed by atoms with E-state index in [0.717, 1.165) is 37.2 Å². The molecule has 2 bridgehead atoms. The summed E-state index contributed by atoms with van der Waals surface area (Å²) in [5.74, 6) is 3.38. The Morgan fingerprint density at radius 1 is 1.11 bits per heavy atom. The van der Waals surface area contributed by atoms with Gasteiger partial charge >= 0.3 is 0 Å². The van der Waals surface area contributed by atoms with Gasteiger partial charge in [-0.3, -0.25) is 0 Å². The molecule has 1 heterocycles. The van der Waals surface area contributed by atoms with Crippen LogP contribution in [0.1, 0.15) is 64.2 Å². The van der Waals surface area contributed by atoms with Crippen molar-refractivity contribution >= 4 is 0 Å². The molecule has 0 aromatic heterocycles. The van der Waals surface area contributed by atoms with Gasteiger partial charge in [0.2, 0.25) is 0 Å². The van der Waals surface area contributed by atoms with Crippen molar-refractivity contribution < 1.29 is 9.84 Å². The summed E-state index contributed by atoms with van der Waals surface area (Å²) in [6.07, 6.45) is 13.1. The lowest BCUT2D eigenvalue weighted by molar-refractivity contribution is -0.0552. The Balaban J connectivity index is 1.33. The molecule has 0 amide bonds. The molecule has 2 nitrogen and oxygen atoms in total. The number of aliphatic hydroxyl groups is 1. The molecule has 1 saturated heterocycles. The third-order valence-corrected chi connectivity index (χ3v) is 6.77. The van der Waals surface area contributed by atoms with Crippen LogP contribution in [0.25, 0.3) is 0 Å². The molecule has 0 aromatic rings. The van der Waals surface area contributed by atoms with Crippen molar-refractivity contribution in [3.05, 3.63) is 0 Å². The number of hydrogen-bond acceptors (Lipinski definition) is 2. The summed E-state index contributed by atoms with van der Waals surface area (Å²) in [4.78, 5) is 0. The van der Waals surface area contributed by atoms with Crippen molar-refractivity contribution in [2.75, 3.05) is 6.61 Å². The fraction of sp³-hybridized carbons (Fsp3) is 1.00. The van der Waals surface area contributed by atoms with E-state index in [4.69, 9.17) is 4.74 Å². The van der Waals surface area contributed by atoms with Crippen molar-refractivity contribution in [1.29, 1.82) is 0 Å². The second-order valence-electron chi connectivity index (χ2n) is 7.70. The van der Waals surface area contributed by atoms with E-state index in [1.807, 2.05) is 0 Å². The van der Waals surface area contributed by atoms with E-state index in [1.54, 1.807) is 0 Å². The first-order valence-corrected chi connectivity index (χ1v) is 8.60. The summed E-state index contributed by atoms with van der Waals surface area (Å²) in [5, 5.41) is 11.1. The molecule has 0 radical (unpaired) electrons. The Morgan fingerprint density at radius 3 is 2.84 bits per heavy atom. The van der Waals surface area contributed by atoms with E-state index >= 15 is 0 Å². The first-order valence-electron chi connectivity index (χ1n) is 8.60. The van der Waals surface area contributed by atoms with Crippen LogP contribution in [0.15, 0.2) is 0 Å². The predicted octanol–water partition coefficient (Wildman–Crippen LogP) is 3.52. The molecular formula is C17H28O2. The number of ether oxygens (including phenoxy) is 1. The fourth-order valence-corrected chi connectivity index (χ4v) is 6.03. The lowest BCUT2D eigenvalue weighted by Crippen LogP contribution is -2.41. The van der Waals surface area contributed by atoms with Crippen molar-refractivity contribution in [2.45, 2.75) is 75.9 Å². The molecule has 3 saturated carbocycles. The molecule has 19 heavy (non-hydrogen) atoms. The zero-order valence-corrected chi connectivity index (χ0v) is 12.0. The Kier molecular flexibility index (Phi) is 3.15. The topological polar surface area (TPSA) is 29.5 Å². The summed E-state index contributed by atoms with van der Waals surface area (Å²) in [7, 11) is 0. The van der Waals surface area contributed by atoms with Gasteiger partial charge in [0, 0.05) is 6.61 Å². The highest BCUT2D eigenvalue weighted by molar-refractivity contribution is 5.09. The van der Waals surface area contributed by atoms with Crippen LogP contribution in [-0.4, -0.2) is 23.4 Å². The molecule has 0 aromatic carbocycles. The van der Waals surface area contributed by atoms with Crippen LogP contribution in [0.3, 0.4) is 0 Å². The zero-order valence-electron chi connectivity index (χ0n) is 12.0. The number of fused-ring (bicyclic) bond motifs is 5. The van der Waals surface area contributed by atoms with Gasteiger partial charge in [0.25, 0.3) is 0 Å². The van der Waals surface area contributed by atoms with E-state index in [0.29, 0.717) is 12.0 Å². The average molecular weight is 264 g/mol. The van der Waals surface area contributed by atoms with Crippen LogP contribution >= 0.6 is 0 Å². The molecule has 4 aliphatic rings. The second-order valence-corrected chi connectivity index (χ2v) is 7.70. The molecule has 4 fully saturated rings. The van der Waals surface area contributed by atoms with Gasteiger partial charge in [0.1, 0.15) is 0 Å². The second kappa shape index (κ2) is 4.73. The summed E-state index contributed by atoms with van der Waals surface area (Å²) in [5.41, 5.74) is -0.297. The minimum absolute atomic E-state index is 0.297. The van der Waals surface area contributed by atoms with E-state index < -0.39 is 0 Å². The van der Waals surface area contributed by atoms with E-state index in [1.165, 1.54) is 51.4 Å². The van der Waals surface area contributed by atoms with Gasteiger partial charge < -0.3 is 9.84 Å². The first kappa shape index (κ1) is 12.6. The zero-order chi connectivity index (χ0) is 12.9. The minimum atomic E-state index is -0.297. The van der Waals surface area contributed by atoms with Crippen LogP contribution < -0.4 is 0 Å². The molecule has 108 valence electrons. The maximum absolute atomic E-state index is 11.1. The summed E-state index contributed by atoms with van der Waals surface area (Å²) < 4.78 is 5.70. The monoisotopic (exact) mass is 264 g/mol. The molecule has 1 aliphatic heterocycles. The van der Waals surface area contributed by atoms with Crippen LogP contribution in [-0.2, 0) is 4.74 Å². The van der Waals surface area contributed by atoms with Gasteiger partial charge in [-0.2, -0.15) is 0 Å². The third-order valence-electron chi connectivity index (χ3n) is 6.77. The van der Waals surface area contributed by atoms with Gasteiger partial charge in [-0.05, 0) is 81.5 Å². The van der Waals surface area contributed by atoms with Gasteiger partial charge in [-0.25, -0.2) is 0 Å². The maximum atomic E-state index is 11.1. The Labute approximate surface area is 116 Å². The minimum Gasteiger partial charge on any atom is -0.390 e. The van der Waals surface area contributed by atoms with Crippen LogP contribution in [0.2, 0.25) is 0 Å². The van der Waals surface area contributed by atoms with Crippen LogP contribution in [0.4, 0.5) is 0 Å². The molecule has 3 aliphatic carbocycles. The highest BCUT2D eigenvalue weighted by atomic mass is 16.5. The molecule has 6 unspecified atom stereocenters. The third kappa shape index (κ3) is 2.06. The summed E-state index contributed by atoms with van der Waals surface area (Å²) >= 11 is 0. The van der Waals surface area contributed by atoms with Crippen LogP contribution in [0, 0.1) is 23.7 Å². The molecule has 2 heteroatoms. The number of rotatable bonds is 4.